The molecule has 0 amide bonds. The molecule has 4 rings (SSSR count). The molecule has 1 unspecified atom stereocenters. The predicted molar refractivity (Wildman–Crippen MR) is 94.7 cm³/mol. The molecule has 1 atom stereocenters. The molecule has 1 aromatic carbocycles. The first-order valence-electron chi connectivity index (χ1n) is 8.53. The molecule has 126 valence electrons. The summed E-state index contributed by atoms with van der Waals surface area (Å²) in [5, 5.41) is 17.8. The van der Waals surface area contributed by atoms with Gasteiger partial charge in [-0.25, -0.2) is 4.79 Å². The topological polar surface area (TPSA) is 67.1 Å². The van der Waals surface area contributed by atoms with Crippen molar-refractivity contribution in [2.45, 2.75) is 42.4 Å². The number of carbonyl (C=O) groups is 1. The Hall–Kier alpha value is -1.79. The van der Waals surface area contributed by atoms with Crippen LogP contribution in [-0.4, -0.2) is 33.9 Å². The quantitative estimate of drug-likeness (QED) is 0.889. The maximum Gasteiger partial charge on any atom is 0.356 e. The first-order valence-corrected chi connectivity index (χ1v) is 9.41. The number of hydrogen-bond donors (Lipinski definition) is 2. The van der Waals surface area contributed by atoms with Crippen molar-refractivity contribution >= 4 is 17.7 Å². The number of carboxylic acid groups (broad SMARTS) is 1. The molecule has 2 aliphatic rings. The number of nitrogens with zero attached hydrogens (tertiary/aromatic N) is 2. The maximum atomic E-state index is 11.8. The van der Waals surface area contributed by atoms with E-state index in [0.29, 0.717) is 0 Å². The van der Waals surface area contributed by atoms with Gasteiger partial charge in [0.05, 0.1) is 11.7 Å². The summed E-state index contributed by atoms with van der Waals surface area (Å²) in [5.41, 5.74) is 3.30. The van der Waals surface area contributed by atoms with Crippen molar-refractivity contribution in [1.29, 1.82) is 0 Å². The van der Waals surface area contributed by atoms with Gasteiger partial charge in [-0.1, -0.05) is 25.1 Å². The highest BCUT2D eigenvalue weighted by atomic mass is 32.2. The smallest absolute Gasteiger partial charge is 0.356 e. The highest BCUT2D eigenvalue weighted by Crippen LogP contribution is 2.52. The van der Waals surface area contributed by atoms with Crippen molar-refractivity contribution < 1.29 is 9.90 Å². The molecule has 5 nitrogen and oxygen atoms in total. The van der Waals surface area contributed by atoms with E-state index in [9.17, 15) is 9.90 Å². The molecule has 0 saturated carbocycles. The van der Waals surface area contributed by atoms with Crippen LogP contribution in [0.5, 0.6) is 0 Å². The lowest BCUT2D eigenvalue weighted by atomic mass is 9.99. The molecule has 0 radical (unpaired) electrons. The number of aromatic nitrogens is 2. The average molecular weight is 343 g/mol. The molecule has 6 heteroatoms. The van der Waals surface area contributed by atoms with Crippen LogP contribution < -0.4 is 5.32 Å². The van der Waals surface area contributed by atoms with Gasteiger partial charge in [-0.15, -0.1) is 11.8 Å². The van der Waals surface area contributed by atoms with Gasteiger partial charge in [0.2, 0.25) is 0 Å². The summed E-state index contributed by atoms with van der Waals surface area (Å²) in [6.45, 7) is 4.02. The Balaban J connectivity index is 1.95. The fraction of sp³-hybridized carbons (Fsp3) is 0.444. The van der Waals surface area contributed by atoms with Crippen LogP contribution >= 0.6 is 11.8 Å². The lowest BCUT2D eigenvalue weighted by molar-refractivity contribution is 0.0687. The average Bonchev–Trinajstić information content (AvgIpc) is 3.03. The van der Waals surface area contributed by atoms with Crippen LogP contribution in [0, 0.1) is 0 Å². The van der Waals surface area contributed by atoms with Gasteiger partial charge in [0.1, 0.15) is 0 Å². The molecule has 0 spiro atoms. The normalized spacial score (nSPS) is 20.5. The van der Waals surface area contributed by atoms with E-state index < -0.39 is 5.97 Å². The van der Waals surface area contributed by atoms with Gasteiger partial charge in [0, 0.05) is 21.3 Å². The SMILES string of the molecule is CCC1Sc2ccccc2-c2c1c(C(=O)O)nn2C1CCNCC1. The minimum absolute atomic E-state index is 0.150. The molecular formula is C18H21N3O2S. The van der Waals surface area contributed by atoms with Gasteiger partial charge in [-0.3, -0.25) is 4.68 Å². The van der Waals surface area contributed by atoms with E-state index in [1.54, 1.807) is 11.8 Å². The maximum absolute atomic E-state index is 11.8. The third kappa shape index (κ3) is 2.45. The highest BCUT2D eigenvalue weighted by Gasteiger charge is 2.35. The zero-order chi connectivity index (χ0) is 16.7. The summed E-state index contributed by atoms with van der Waals surface area (Å²) in [6.07, 6.45) is 2.86. The molecule has 1 fully saturated rings. The van der Waals surface area contributed by atoms with Crippen molar-refractivity contribution in [1.82, 2.24) is 15.1 Å². The minimum Gasteiger partial charge on any atom is -0.476 e. The number of aromatic carboxylic acids is 1. The third-order valence-corrected chi connectivity index (χ3v) is 6.37. The summed E-state index contributed by atoms with van der Waals surface area (Å²) in [5.74, 6) is -0.919. The van der Waals surface area contributed by atoms with Crippen LogP contribution in [0.1, 0.15) is 53.5 Å². The Morgan fingerprint density at radius 1 is 1.38 bits per heavy atom. The van der Waals surface area contributed by atoms with Gasteiger partial charge in [0.25, 0.3) is 0 Å². The molecule has 2 aromatic rings. The summed E-state index contributed by atoms with van der Waals surface area (Å²) in [4.78, 5) is 13.1. The fourth-order valence-corrected chi connectivity index (χ4v) is 5.02. The van der Waals surface area contributed by atoms with E-state index in [4.69, 9.17) is 0 Å². The highest BCUT2D eigenvalue weighted by molar-refractivity contribution is 7.99. The van der Waals surface area contributed by atoms with Crippen molar-refractivity contribution in [3.05, 3.63) is 35.5 Å². The Morgan fingerprint density at radius 2 is 2.12 bits per heavy atom. The first-order chi connectivity index (χ1) is 11.7. The first kappa shape index (κ1) is 15.7. The van der Waals surface area contributed by atoms with E-state index in [2.05, 4.69) is 29.5 Å². The van der Waals surface area contributed by atoms with Crippen molar-refractivity contribution in [2.24, 2.45) is 0 Å². The summed E-state index contributed by atoms with van der Waals surface area (Å²) >= 11 is 1.76. The molecule has 24 heavy (non-hydrogen) atoms. The molecule has 0 aliphatic carbocycles. The Bertz CT molecular complexity index is 781. The zero-order valence-electron chi connectivity index (χ0n) is 13.7. The van der Waals surface area contributed by atoms with Gasteiger partial charge in [0.15, 0.2) is 5.69 Å². The van der Waals surface area contributed by atoms with Crippen molar-refractivity contribution in [2.75, 3.05) is 13.1 Å². The Morgan fingerprint density at radius 3 is 2.83 bits per heavy atom. The van der Waals surface area contributed by atoms with E-state index in [1.165, 1.54) is 4.90 Å². The van der Waals surface area contributed by atoms with Gasteiger partial charge >= 0.3 is 5.97 Å². The van der Waals surface area contributed by atoms with E-state index in [1.807, 2.05) is 16.8 Å². The number of rotatable bonds is 3. The molecule has 0 bridgehead atoms. The molecule has 2 N–H and O–H groups in total. The number of hydrogen-bond acceptors (Lipinski definition) is 4. The molecular weight excluding hydrogens is 322 g/mol. The number of fused-ring (bicyclic) bond motifs is 3. The second-order valence-corrected chi connectivity index (χ2v) is 7.60. The Labute approximate surface area is 145 Å². The van der Waals surface area contributed by atoms with Crippen molar-refractivity contribution in [3.63, 3.8) is 0 Å². The monoisotopic (exact) mass is 343 g/mol. The third-order valence-electron chi connectivity index (χ3n) is 4.91. The largest absolute Gasteiger partial charge is 0.476 e. The Kier molecular flexibility index (Phi) is 4.10. The second kappa shape index (κ2) is 6.26. The number of thioether (sulfide) groups is 1. The van der Waals surface area contributed by atoms with E-state index in [0.717, 1.165) is 49.2 Å². The minimum atomic E-state index is -0.919. The lowest BCUT2D eigenvalue weighted by Gasteiger charge is -2.29. The lowest BCUT2D eigenvalue weighted by Crippen LogP contribution is -2.30. The van der Waals surface area contributed by atoms with Crippen LogP contribution in [-0.2, 0) is 0 Å². The second-order valence-electron chi connectivity index (χ2n) is 6.35. The zero-order valence-corrected chi connectivity index (χ0v) is 14.5. The van der Waals surface area contributed by atoms with Gasteiger partial charge in [-0.05, 0) is 38.4 Å². The van der Waals surface area contributed by atoms with Crippen LogP contribution in [0.3, 0.4) is 0 Å². The number of benzene rings is 1. The van der Waals surface area contributed by atoms with E-state index >= 15 is 0 Å². The molecule has 3 heterocycles. The summed E-state index contributed by atoms with van der Waals surface area (Å²) in [7, 11) is 0. The van der Waals surface area contributed by atoms with Crippen LogP contribution in [0.2, 0.25) is 0 Å². The molecule has 1 saturated heterocycles. The number of piperidine rings is 1. The molecule has 2 aliphatic heterocycles. The standard InChI is InChI=1S/C18H21N3O2S/c1-2-13-15-16(18(22)23)20-21(11-7-9-19-10-8-11)17(15)12-5-3-4-6-14(12)24-13/h3-6,11,13,19H,2,7-10H2,1H3,(H,22,23). The number of nitrogens with one attached hydrogen (secondary N) is 1. The predicted octanol–water partition coefficient (Wildman–Crippen LogP) is 3.73. The molecule has 1 aromatic heterocycles. The summed E-state index contributed by atoms with van der Waals surface area (Å²) in [6, 6.07) is 8.56. The van der Waals surface area contributed by atoms with Crippen molar-refractivity contribution in [3.8, 4) is 11.3 Å². The van der Waals surface area contributed by atoms with Gasteiger partial charge < -0.3 is 10.4 Å². The van der Waals surface area contributed by atoms with Gasteiger partial charge in [-0.2, -0.15) is 5.10 Å². The van der Waals surface area contributed by atoms with Crippen LogP contribution in [0.15, 0.2) is 29.2 Å². The van der Waals surface area contributed by atoms with E-state index in [-0.39, 0.29) is 17.0 Å². The van der Waals surface area contributed by atoms with Crippen LogP contribution in [0.25, 0.3) is 11.3 Å². The fourth-order valence-electron chi connectivity index (χ4n) is 3.76. The number of carboxylic acids is 1. The van der Waals surface area contributed by atoms with Crippen LogP contribution in [0.4, 0.5) is 0 Å². The summed E-state index contributed by atoms with van der Waals surface area (Å²) < 4.78 is 2.01.